The number of nitrogens with one attached hydrogen (secondary N) is 1. The third-order valence-corrected chi connectivity index (χ3v) is 12.3. The molecule has 1 amide bonds. The van der Waals surface area contributed by atoms with Gasteiger partial charge in [0.1, 0.15) is 11.6 Å². The van der Waals surface area contributed by atoms with Crippen LogP contribution in [0.5, 0.6) is 11.8 Å². The molecular weight excluding hydrogens is 702 g/mol. The van der Waals surface area contributed by atoms with Crippen molar-refractivity contribution in [2.75, 3.05) is 20.2 Å². The van der Waals surface area contributed by atoms with Crippen LogP contribution in [0.25, 0.3) is 32.9 Å². The molecule has 2 aliphatic carbocycles. The number of hydrogen-bond donors (Lipinski definition) is 1. The van der Waals surface area contributed by atoms with E-state index in [-0.39, 0.29) is 53.0 Å². The summed E-state index contributed by atoms with van der Waals surface area (Å²) in [4.78, 5) is 25.4. The van der Waals surface area contributed by atoms with Crippen molar-refractivity contribution in [2.45, 2.75) is 69.7 Å². The van der Waals surface area contributed by atoms with Crippen molar-refractivity contribution >= 4 is 50.9 Å². The molecule has 266 valence electrons. The normalized spacial score (nSPS) is 23.6. The van der Waals surface area contributed by atoms with E-state index in [1.807, 2.05) is 30.0 Å². The zero-order valence-electron chi connectivity index (χ0n) is 28.8. The zero-order chi connectivity index (χ0) is 35.8. The van der Waals surface area contributed by atoms with Crippen LogP contribution >= 0.6 is 23.2 Å². The Morgan fingerprint density at radius 2 is 1.90 bits per heavy atom. The number of pyridine rings is 2. The van der Waals surface area contributed by atoms with Crippen LogP contribution in [-0.2, 0) is 11.2 Å². The molecule has 3 aromatic heterocycles. The Labute approximate surface area is 310 Å². The molecule has 5 fully saturated rings. The fraction of sp³-hybridized carbons (Fsp3) is 0.400. The van der Waals surface area contributed by atoms with Gasteiger partial charge in [0, 0.05) is 76.8 Å². The third-order valence-electron chi connectivity index (χ3n) is 11.4. The molecule has 12 heteroatoms. The maximum absolute atomic E-state index is 17.2. The summed E-state index contributed by atoms with van der Waals surface area (Å²) in [5.74, 6) is 0.990. The number of methoxy groups -OCH3 is 1. The van der Waals surface area contributed by atoms with E-state index >= 15 is 4.39 Å². The number of halogens is 3. The average Bonchev–Trinajstić information content (AvgIpc) is 3.43. The number of ether oxygens (including phenoxy) is 2. The Kier molecular flexibility index (Phi) is 8.29. The maximum Gasteiger partial charge on any atom is 0.226 e. The van der Waals surface area contributed by atoms with E-state index in [2.05, 4.69) is 27.0 Å². The minimum Gasteiger partial charge on any atom is -0.481 e. The molecule has 2 saturated carbocycles. The van der Waals surface area contributed by atoms with E-state index in [9.17, 15) is 10.1 Å². The highest BCUT2D eigenvalue weighted by molar-refractivity contribution is 6.43. The van der Waals surface area contributed by atoms with Crippen LogP contribution in [0.1, 0.15) is 61.1 Å². The zero-order valence-corrected chi connectivity index (χ0v) is 30.3. The summed E-state index contributed by atoms with van der Waals surface area (Å²) >= 11 is 13.1. The molecule has 52 heavy (non-hydrogen) atoms. The van der Waals surface area contributed by atoms with Crippen LogP contribution < -0.4 is 14.8 Å². The van der Waals surface area contributed by atoms with Crippen molar-refractivity contribution in [2.24, 2.45) is 11.8 Å². The summed E-state index contributed by atoms with van der Waals surface area (Å²) in [6.07, 6.45) is 3.66. The fourth-order valence-electron chi connectivity index (χ4n) is 8.82. The maximum atomic E-state index is 17.2. The van der Waals surface area contributed by atoms with Crippen LogP contribution in [0.2, 0.25) is 10.0 Å². The van der Waals surface area contributed by atoms with Crippen molar-refractivity contribution < 1.29 is 18.7 Å². The lowest BCUT2D eigenvalue weighted by atomic mass is 9.79. The van der Waals surface area contributed by atoms with Crippen LogP contribution in [0.4, 0.5) is 4.39 Å². The minimum absolute atomic E-state index is 0.0216. The number of benzene rings is 2. The summed E-state index contributed by atoms with van der Waals surface area (Å²) in [7, 11) is 1.57. The average molecular weight is 740 g/mol. The number of rotatable bonds is 9. The molecule has 1 N–H and O–H groups in total. The number of carbonyl (C=O) groups is 1. The molecule has 5 aliphatic rings. The van der Waals surface area contributed by atoms with Crippen molar-refractivity contribution in [1.82, 2.24) is 24.8 Å². The summed E-state index contributed by atoms with van der Waals surface area (Å²) in [5.41, 5.74) is 4.29. The highest BCUT2D eigenvalue weighted by Gasteiger charge is 2.51. The molecule has 5 aromatic rings. The number of nitrogens with zero attached hydrogens (tertiary/aromatic N) is 5. The van der Waals surface area contributed by atoms with Crippen molar-refractivity contribution in [3.05, 3.63) is 81.3 Å². The molecule has 6 heterocycles. The number of amides is 1. The molecular formula is C40H37Cl2FN6O3. The molecule has 10 rings (SSSR count). The lowest BCUT2D eigenvalue weighted by molar-refractivity contribution is -0.133. The van der Waals surface area contributed by atoms with Gasteiger partial charge in [-0.05, 0) is 62.3 Å². The van der Waals surface area contributed by atoms with E-state index < -0.39 is 5.82 Å². The molecule has 9 nitrogen and oxygen atoms in total. The SMILES string of the molecule is COc1cccc(OC2CC(c3cc4c(C)nc5c(F)c(-c6cccc(Cl)c6Cl)c(CCC#N)cc5c4n3C3C4CNC3C4)N(C(=O)C3CC3)C2)n1. The highest BCUT2D eigenvalue weighted by Crippen LogP contribution is 2.51. The van der Waals surface area contributed by atoms with Crippen molar-refractivity contribution in [3.8, 4) is 29.0 Å². The molecule has 0 radical (unpaired) electrons. The lowest BCUT2D eigenvalue weighted by Gasteiger charge is -2.39. The first kappa shape index (κ1) is 33.4. The molecule has 3 saturated heterocycles. The Balaban J connectivity index is 1.25. The van der Waals surface area contributed by atoms with Gasteiger partial charge in [0.05, 0.1) is 47.4 Å². The Bertz CT molecular complexity index is 2310. The standard InChI is InChI=1S/C40H37Cl2FN6O3/c1-20-26-17-31(30-16-24(19-48(30)40(50)21-11-12-21)52-33-10-4-9-32(47-33)51-2)49(38-23-15-29(38)45-18-23)39(26)27-14-22(6-5-13-44)34(36(43)37(27)46-20)25-7-3-8-28(41)35(25)42/h3-4,7-10,14,17,21,23-24,29-30,38,45H,5-6,11-12,15-16,18-19H2,1-2H3. The number of carbonyl (C=O) groups excluding carboxylic acids is 1. The van der Waals surface area contributed by atoms with Gasteiger partial charge < -0.3 is 24.3 Å². The second-order valence-corrected chi connectivity index (χ2v) is 15.3. The van der Waals surface area contributed by atoms with E-state index in [1.54, 1.807) is 31.4 Å². The number of aryl methyl sites for hydroxylation is 2. The van der Waals surface area contributed by atoms with Crippen LogP contribution in [-0.4, -0.2) is 57.7 Å². The van der Waals surface area contributed by atoms with Crippen LogP contribution in [0, 0.1) is 35.9 Å². The van der Waals surface area contributed by atoms with E-state index in [1.165, 1.54) is 0 Å². The van der Waals surface area contributed by atoms with E-state index in [0.29, 0.717) is 69.9 Å². The number of hydrogen-bond acceptors (Lipinski definition) is 7. The Hall–Kier alpha value is -4.43. The lowest BCUT2D eigenvalue weighted by Crippen LogP contribution is -2.41. The summed E-state index contributed by atoms with van der Waals surface area (Å²) in [6, 6.07) is 17.1. The van der Waals surface area contributed by atoms with Gasteiger partial charge >= 0.3 is 0 Å². The van der Waals surface area contributed by atoms with Crippen LogP contribution in [0.3, 0.4) is 0 Å². The number of nitriles is 1. The van der Waals surface area contributed by atoms with Crippen molar-refractivity contribution in [1.29, 1.82) is 5.26 Å². The first-order valence-corrected chi connectivity index (χ1v) is 18.7. The molecule has 5 atom stereocenters. The first-order chi connectivity index (χ1) is 25.2. The van der Waals surface area contributed by atoms with Gasteiger partial charge in [0.25, 0.3) is 0 Å². The third kappa shape index (κ3) is 5.39. The van der Waals surface area contributed by atoms with Gasteiger partial charge in [0.2, 0.25) is 17.7 Å². The predicted octanol–water partition coefficient (Wildman–Crippen LogP) is 8.13. The largest absolute Gasteiger partial charge is 0.481 e. The monoisotopic (exact) mass is 738 g/mol. The van der Waals surface area contributed by atoms with Gasteiger partial charge in [-0.15, -0.1) is 0 Å². The van der Waals surface area contributed by atoms with E-state index in [4.69, 9.17) is 37.7 Å². The second kappa shape index (κ2) is 12.9. The molecule has 2 aromatic carbocycles. The molecule has 5 unspecified atom stereocenters. The van der Waals surface area contributed by atoms with Gasteiger partial charge in [-0.25, -0.2) is 9.37 Å². The Morgan fingerprint density at radius 1 is 1.10 bits per heavy atom. The van der Waals surface area contributed by atoms with Crippen LogP contribution in [0.15, 0.2) is 48.5 Å². The van der Waals surface area contributed by atoms with Gasteiger partial charge in [-0.1, -0.05) is 41.4 Å². The number of fused-ring (bicyclic) bond motifs is 4. The molecule has 2 bridgehead atoms. The first-order valence-electron chi connectivity index (χ1n) is 17.9. The summed E-state index contributed by atoms with van der Waals surface area (Å²) < 4.78 is 31.4. The Morgan fingerprint density at radius 3 is 2.63 bits per heavy atom. The van der Waals surface area contributed by atoms with Crippen molar-refractivity contribution in [3.63, 3.8) is 0 Å². The quantitative estimate of drug-likeness (QED) is 0.163. The minimum atomic E-state index is -0.491. The predicted molar refractivity (Wildman–Crippen MR) is 197 cm³/mol. The highest BCUT2D eigenvalue weighted by atomic mass is 35.5. The summed E-state index contributed by atoms with van der Waals surface area (Å²) in [6.45, 7) is 3.25. The van der Waals surface area contributed by atoms with Gasteiger partial charge in [-0.3, -0.25) is 4.79 Å². The molecule has 0 spiro atoms. The summed E-state index contributed by atoms with van der Waals surface area (Å²) in [5, 5.41) is 15.5. The topological polar surface area (TPSA) is 105 Å². The van der Waals surface area contributed by atoms with Gasteiger partial charge in [-0.2, -0.15) is 10.2 Å². The fourth-order valence-corrected chi connectivity index (χ4v) is 9.21. The smallest absolute Gasteiger partial charge is 0.226 e. The number of aromatic nitrogens is 3. The second-order valence-electron chi connectivity index (χ2n) is 14.6. The molecule has 3 aliphatic heterocycles. The number of likely N-dealkylation sites (tertiary alicyclic amines) is 1. The van der Waals surface area contributed by atoms with Gasteiger partial charge in [0.15, 0.2) is 5.82 Å². The van der Waals surface area contributed by atoms with E-state index in [0.717, 1.165) is 42.4 Å².